The lowest BCUT2D eigenvalue weighted by atomic mass is 10.1. The minimum absolute atomic E-state index is 0.0210. The first-order valence-corrected chi connectivity index (χ1v) is 13.2. The maximum atomic E-state index is 10.8. The number of benzene rings is 1. The number of hydrogen-bond donors (Lipinski definition) is 0. The smallest absolute Gasteiger partial charge is 0.302 e. The Morgan fingerprint density at radius 1 is 1.09 bits per heavy atom. The van der Waals surface area contributed by atoms with Crippen molar-refractivity contribution in [2.45, 2.75) is 111 Å². The van der Waals surface area contributed by atoms with Crippen LogP contribution in [0.5, 0.6) is 0 Å². The average Bonchev–Trinajstić information content (AvgIpc) is 3.16. The fourth-order valence-electron chi connectivity index (χ4n) is 2.79. The van der Waals surface area contributed by atoms with Gasteiger partial charge in [-0.05, 0) is 44.7 Å². The molecule has 1 saturated carbocycles. The Bertz CT molecular complexity index is 601. The van der Waals surface area contributed by atoms with Crippen LogP contribution in [0.4, 0.5) is 0 Å². The van der Waals surface area contributed by atoms with Crippen LogP contribution < -0.4 is 0 Å². The van der Waals surface area contributed by atoms with Crippen LogP contribution in [0.3, 0.4) is 0 Å². The Labute approximate surface area is 201 Å². The Morgan fingerprint density at radius 2 is 1.72 bits per heavy atom. The van der Waals surface area contributed by atoms with Gasteiger partial charge in [0.1, 0.15) is 17.7 Å². The Kier molecular flexibility index (Phi) is 23.0. The first kappa shape index (κ1) is 32.6. The van der Waals surface area contributed by atoms with Gasteiger partial charge in [-0.2, -0.15) is 0 Å². The molecular weight excluding hydrogens is 420 g/mol. The highest BCUT2D eigenvalue weighted by molar-refractivity contribution is 7.99. The van der Waals surface area contributed by atoms with Crippen molar-refractivity contribution in [2.24, 2.45) is 5.92 Å². The normalized spacial score (nSPS) is 15.1. The lowest BCUT2D eigenvalue weighted by Gasteiger charge is -2.14. The Balaban J connectivity index is 0. The molecular formula is C27H46O4S. The van der Waals surface area contributed by atoms with Crippen molar-refractivity contribution in [2.75, 3.05) is 5.75 Å². The topological polar surface area (TPSA) is 60.4 Å². The average molecular weight is 467 g/mol. The second-order valence-corrected chi connectivity index (χ2v) is 8.78. The molecule has 0 saturated heterocycles. The zero-order valence-corrected chi connectivity index (χ0v) is 22.3. The van der Waals surface area contributed by atoms with E-state index in [1.54, 1.807) is 18.7 Å². The van der Waals surface area contributed by atoms with E-state index in [9.17, 15) is 14.4 Å². The lowest BCUT2D eigenvalue weighted by Crippen LogP contribution is -2.17. The largest absolute Gasteiger partial charge is 0.462 e. The molecule has 0 N–H and O–H groups in total. The summed E-state index contributed by atoms with van der Waals surface area (Å²) in [4.78, 5) is 32.9. The third-order valence-corrected chi connectivity index (χ3v) is 5.85. The van der Waals surface area contributed by atoms with Gasteiger partial charge in [0.15, 0.2) is 0 Å². The summed E-state index contributed by atoms with van der Waals surface area (Å²) < 4.78 is 5.16. The molecule has 0 radical (unpaired) electrons. The van der Waals surface area contributed by atoms with Crippen molar-refractivity contribution in [1.82, 2.24) is 0 Å². The maximum Gasteiger partial charge on any atom is 0.302 e. The van der Waals surface area contributed by atoms with E-state index in [0.29, 0.717) is 17.5 Å². The molecule has 1 aromatic rings. The van der Waals surface area contributed by atoms with E-state index in [-0.39, 0.29) is 12.1 Å². The van der Waals surface area contributed by atoms with Gasteiger partial charge >= 0.3 is 5.97 Å². The Hall–Kier alpha value is -1.62. The highest BCUT2D eigenvalue weighted by atomic mass is 32.2. The summed E-state index contributed by atoms with van der Waals surface area (Å²) in [5.41, 5.74) is 0. The van der Waals surface area contributed by atoms with E-state index >= 15 is 0 Å². The van der Waals surface area contributed by atoms with Gasteiger partial charge in [0, 0.05) is 36.3 Å². The van der Waals surface area contributed by atoms with Gasteiger partial charge in [0.2, 0.25) is 0 Å². The van der Waals surface area contributed by atoms with Crippen molar-refractivity contribution in [1.29, 1.82) is 0 Å². The molecule has 2 rings (SSSR count). The summed E-state index contributed by atoms with van der Waals surface area (Å²) in [6.07, 6.45) is 8.21. The highest BCUT2D eigenvalue weighted by Crippen LogP contribution is 2.20. The molecule has 0 bridgehead atoms. The molecule has 2 atom stereocenters. The number of esters is 1. The number of ketones is 2. The van der Waals surface area contributed by atoms with Gasteiger partial charge in [0.25, 0.3) is 0 Å². The van der Waals surface area contributed by atoms with E-state index in [2.05, 4.69) is 19.1 Å². The SMILES string of the molecule is CC.CC1CCCC1=O.CCC(CSc1ccccc1)OC(C)=O.CCCCCC(C)=O. The molecule has 1 aliphatic carbocycles. The van der Waals surface area contributed by atoms with Crippen LogP contribution in [-0.4, -0.2) is 29.4 Å². The van der Waals surface area contributed by atoms with Crippen LogP contribution in [0.1, 0.15) is 99.8 Å². The predicted molar refractivity (Wildman–Crippen MR) is 137 cm³/mol. The van der Waals surface area contributed by atoms with Crippen molar-refractivity contribution in [3.05, 3.63) is 30.3 Å². The van der Waals surface area contributed by atoms with E-state index in [4.69, 9.17) is 4.74 Å². The van der Waals surface area contributed by atoms with Gasteiger partial charge in [0.05, 0.1) is 0 Å². The molecule has 0 heterocycles. The molecule has 184 valence electrons. The van der Waals surface area contributed by atoms with Crippen molar-refractivity contribution >= 4 is 29.3 Å². The number of carbonyl (C=O) groups is 3. The second-order valence-electron chi connectivity index (χ2n) is 7.68. The van der Waals surface area contributed by atoms with E-state index in [1.165, 1.54) is 24.7 Å². The first-order valence-electron chi connectivity index (χ1n) is 12.2. The fourth-order valence-corrected chi connectivity index (χ4v) is 3.82. The monoisotopic (exact) mass is 466 g/mol. The minimum atomic E-state index is -0.199. The van der Waals surface area contributed by atoms with Crippen molar-refractivity contribution in [3.8, 4) is 0 Å². The molecule has 0 aliphatic heterocycles. The predicted octanol–water partition coefficient (Wildman–Crippen LogP) is 7.68. The van der Waals surface area contributed by atoms with Crippen LogP contribution >= 0.6 is 11.8 Å². The number of rotatable bonds is 9. The molecule has 0 aromatic heterocycles. The summed E-state index contributed by atoms with van der Waals surface area (Å²) >= 11 is 1.72. The molecule has 4 nitrogen and oxygen atoms in total. The number of unbranched alkanes of at least 4 members (excludes halogenated alkanes) is 2. The van der Waals surface area contributed by atoms with Crippen LogP contribution in [-0.2, 0) is 19.1 Å². The second kappa shape index (κ2) is 22.6. The van der Waals surface area contributed by atoms with Crippen LogP contribution in [0.2, 0.25) is 0 Å². The molecule has 0 spiro atoms. The first-order chi connectivity index (χ1) is 15.3. The van der Waals surface area contributed by atoms with E-state index < -0.39 is 0 Å². The van der Waals surface area contributed by atoms with Crippen molar-refractivity contribution in [3.63, 3.8) is 0 Å². The quantitative estimate of drug-likeness (QED) is 0.212. The van der Waals surface area contributed by atoms with Gasteiger partial charge < -0.3 is 9.53 Å². The minimum Gasteiger partial charge on any atom is -0.462 e. The van der Waals surface area contributed by atoms with Crippen LogP contribution in [0.25, 0.3) is 0 Å². The van der Waals surface area contributed by atoms with Crippen LogP contribution in [0.15, 0.2) is 35.2 Å². The highest BCUT2D eigenvalue weighted by Gasteiger charge is 2.18. The molecule has 1 aromatic carbocycles. The van der Waals surface area contributed by atoms with Gasteiger partial charge in [-0.15, -0.1) is 11.8 Å². The van der Waals surface area contributed by atoms with Gasteiger partial charge in [-0.25, -0.2) is 0 Å². The molecule has 2 unspecified atom stereocenters. The standard InChI is InChI=1S/C12H16O2S.C7H14O.C6H10O.C2H6/c1-3-11(14-10(2)13)9-15-12-7-5-4-6-8-12;1-3-4-5-6-7(2)8;1-5-3-2-4-6(5)7;1-2/h4-8,11H,3,9H2,1-2H3;3-6H2,1-2H3;5H,2-4H2,1H3;1-2H3. The van der Waals surface area contributed by atoms with Gasteiger partial charge in [-0.1, -0.05) is 65.7 Å². The lowest BCUT2D eigenvalue weighted by molar-refractivity contribution is -0.145. The zero-order chi connectivity index (χ0) is 24.8. The number of carbonyl (C=O) groups excluding carboxylic acids is 3. The van der Waals surface area contributed by atoms with Crippen LogP contribution in [0, 0.1) is 5.92 Å². The number of hydrogen-bond acceptors (Lipinski definition) is 5. The maximum absolute atomic E-state index is 10.8. The Morgan fingerprint density at radius 3 is 2.09 bits per heavy atom. The number of Topliss-reactive ketones (excluding diaryl/α,β-unsaturated/α-hetero) is 2. The summed E-state index contributed by atoms with van der Waals surface area (Å²) in [6, 6.07) is 10.1. The summed E-state index contributed by atoms with van der Waals surface area (Å²) in [5, 5.41) is 0. The number of thioether (sulfide) groups is 1. The summed E-state index contributed by atoms with van der Waals surface area (Å²) in [6.45, 7) is 13.3. The van der Waals surface area contributed by atoms with E-state index in [0.717, 1.165) is 44.3 Å². The van der Waals surface area contributed by atoms with Gasteiger partial charge in [-0.3, -0.25) is 9.59 Å². The molecule has 1 fully saturated rings. The fraction of sp³-hybridized carbons (Fsp3) is 0.667. The molecule has 32 heavy (non-hydrogen) atoms. The molecule has 5 heteroatoms. The van der Waals surface area contributed by atoms with Crippen molar-refractivity contribution < 1.29 is 19.1 Å². The molecule has 1 aliphatic rings. The summed E-state index contributed by atoms with van der Waals surface area (Å²) in [7, 11) is 0. The third kappa shape index (κ3) is 20.3. The number of ether oxygens (including phenoxy) is 1. The zero-order valence-electron chi connectivity index (χ0n) is 21.4. The summed E-state index contributed by atoms with van der Waals surface area (Å²) in [5.74, 6) is 1.77. The van der Waals surface area contributed by atoms with E-state index in [1.807, 2.05) is 45.9 Å². The molecule has 0 amide bonds. The third-order valence-electron chi connectivity index (χ3n) is 4.71.